The van der Waals surface area contributed by atoms with E-state index in [2.05, 4.69) is 4.98 Å². The number of nitrogens with zero attached hydrogens (tertiary/aromatic N) is 2. The van der Waals surface area contributed by atoms with Gasteiger partial charge in [-0.15, -0.1) is 0 Å². The van der Waals surface area contributed by atoms with Crippen LogP contribution in [0.4, 0.5) is 0 Å². The highest BCUT2D eigenvalue weighted by Gasteiger charge is 2.25. The SMILES string of the molecule is NCCCOC1CCN(C(=O)c2cc(Cl)cc3cccnc23)CC1. The zero-order valence-electron chi connectivity index (χ0n) is 13.6. The Morgan fingerprint density at radius 3 is 2.92 bits per heavy atom. The van der Waals surface area contributed by atoms with E-state index in [4.69, 9.17) is 22.1 Å². The van der Waals surface area contributed by atoms with Crippen LogP contribution in [0.2, 0.25) is 5.02 Å². The van der Waals surface area contributed by atoms with Crippen LogP contribution < -0.4 is 5.73 Å². The number of amides is 1. The molecule has 128 valence electrons. The number of hydrogen-bond acceptors (Lipinski definition) is 4. The normalized spacial score (nSPS) is 15.8. The highest BCUT2D eigenvalue weighted by Crippen LogP contribution is 2.25. The summed E-state index contributed by atoms with van der Waals surface area (Å²) in [5.41, 5.74) is 6.75. The molecule has 2 heterocycles. The summed E-state index contributed by atoms with van der Waals surface area (Å²) in [5.74, 6) is -0.0124. The number of aromatic nitrogens is 1. The zero-order valence-corrected chi connectivity index (χ0v) is 14.3. The van der Waals surface area contributed by atoms with E-state index in [-0.39, 0.29) is 12.0 Å². The number of piperidine rings is 1. The van der Waals surface area contributed by atoms with Gasteiger partial charge < -0.3 is 15.4 Å². The number of carbonyl (C=O) groups is 1. The van der Waals surface area contributed by atoms with Gasteiger partial charge in [0.2, 0.25) is 0 Å². The molecule has 0 unspecified atom stereocenters. The molecule has 2 aromatic rings. The number of rotatable bonds is 5. The molecule has 1 fully saturated rings. The van der Waals surface area contributed by atoms with Crippen LogP contribution >= 0.6 is 11.6 Å². The minimum atomic E-state index is -0.0124. The van der Waals surface area contributed by atoms with Crippen molar-refractivity contribution in [1.29, 1.82) is 0 Å². The molecule has 0 saturated carbocycles. The van der Waals surface area contributed by atoms with Crippen LogP contribution in [0.5, 0.6) is 0 Å². The van der Waals surface area contributed by atoms with Crippen molar-refractivity contribution in [3.8, 4) is 0 Å². The first-order valence-electron chi connectivity index (χ1n) is 8.34. The van der Waals surface area contributed by atoms with Crippen molar-refractivity contribution in [3.05, 3.63) is 41.0 Å². The molecule has 0 atom stereocenters. The fraction of sp³-hybridized carbons (Fsp3) is 0.444. The Morgan fingerprint density at radius 2 is 2.17 bits per heavy atom. The van der Waals surface area contributed by atoms with Gasteiger partial charge in [0.05, 0.1) is 17.2 Å². The van der Waals surface area contributed by atoms with Crippen LogP contribution in [-0.2, 0) is 4.74 Å². The second-order valence-electron chi connectivity index (χ2n) is 6.03. The summed E-state index contributed by atoms with van der Waals surface area (Å²) in [4.78, 5) is 19.1. The molecule has 1 aromatic heterocycles. The van der Waals surface area contributed by atoms with Gasteiger partial charge in [-0.05, 0) is 44.0 Å². The van der Waals surface area contributed by atoms with E-state index >= 15 is 0 Å². The van der Waals surface area contributed by atoms with Crippen LogP contribution in [0.3, 0.4) is 0 Å². The van der Waals surface area contributed by atoms with E-state index < -0.39 is 0 Å². The van der Waals surface area contributed by atoms with Crippen molar-refractivity contribution in [2.24, 2.45) is 5.73 Å². The first kappa shape index (κ1) is 17.1. The van der Waals surface area contributed by atoms with Gasteiger partial charge in [0.1, 0.15) is 0 Å². The van der Waals surface area contributed by atoms with Crippen LogP contribution in [0.1, 0.15) is 29.6 Å². The lowest BCUT2D eigenvalue weighted by Gasteiger charge is -2.32. The molecule has 2 N–H and O–H groups in total. The van der Waals surface area contributed by atoms with Gasteiger partial charge >= 0.3 is 0 Å². The largest absolute Gasteiger partial charge is 0.378 e. The molecule has 1 aromatic carbocycles. The summed E-state index contributed by atoms with van der Waals surface area (Å²) in [6, 6.07) is 7.31. The second-order valence-corrected chi connectivity index (χ2v) is 6.47. The molecule has 3 rings (SSSR count). The van der Waals surface area contributed by atoms with Crippen LogP contribution in [-0.4, -0.2) is 48.1 Å². The number of halogens is 1. The molecule has 1 saturated heterocycles. The van der Waals surface area contributed by atoms with E-state index in [1.807, 2.05) is 23.1 Å². The quantitative estimate of drug-likeness (QED) is 0.844. The molecule has 6 heteroatoms. The monoisotopic (exact) mass is 347 g/mol. The van der Waals surface area contributed by atoms with Crippen LogP contribution in [0.15, 0.2) is 30.5 Å². The van der Waals surface area contributed by atoms with Gasteiger partial charge in [-0.1, -0.05) is 17.7 Å². The summed E-state index contributed by atoms with van der Waals surface area (Å²) >= 11 is 6.17. The highest BCUT2D eigenvalue weighted by molar-refractivity contribution is 6.32. The third kappa shape index (κ3) is 3.86. The maximum atomic E-state index is 12.9. The maximum absolute atomic E-state index is 12.9. The Bertz CT molecular complexity index is 714. The number of benzene rings is 1. The molecule has 24 heavy (non-hydrogen) atoms. The maximum Gasteiger partial charge on any atom is 0.256 e. The summed E-state index contributed by atoms with van der Waals surface area (Å²) in [5, 5.41) is 1.44. The Labute approximate surface area is 146 Å². The van der Waals surface area contributed by atoms with E-state index in [9.17, 15) is 4.79 Å². The molecular formula is C18H22ClN3O2. The van der Waals surface area contributed by atoms with Crippen molar-refractivity contribution in [2.75, 3.05) is 26.2 Å². The molecule has 5 nitrogen and oxygen atoms in total. The number of likely N-dealkylation sites (tertiary alicyclic amines) is 1. The fourth-order valence-electron chi connectivity index (χ4n) is 3.05. The first-order valence-corrected chi connectivity index (χ1v) is 8.72. The average Bonchev–Trinajstić information content (AvgIpc) is 2.61. The summed E-state index contributed by atoms with van der Waals surface area (Å²) in [6.45, 7) is 2.71. The minimum absolute atomic E-state index is 0.0124. The van der Waals surface area contributed by atoms with Crippen molar-refractivity contribution < 1.29 is 9.53 Å². The lowest BCUT2D eigenvalue weighted by atomic mass is 10.0. The van der Waals surface area contributed by atoms with Gasteiger partial charge in [-0.2, -0.15) is 0 Å². The van der Waals surface area contributed by atoms with Crippen molar-refractivity contribution >= 4 is 28.4 Å². The molecule has 0 spiro atoms. The number of ether oxygens (including phenoxy) is 1. The summed E-state index contributed by atoms with van der Waals surface area (Å²) in [7, 11) is 0. The lowest BCUT2D eigenvalue weighted by molar-refractivity contribution is 0.00849. The predicted octanol–water partition coefficient (Wildman–Crippen LogP) is 2.86. The Kier molecular flexibility index (Phi) is 5.66. The van der Waals surface area contributed by atoms with E-state index in [0.717, 1.165) is 24.6 Å². The average molecular weight is 348 g/mol. The number of carbonyl (C=O) groups excluding carboxylic acids is 1. The second kappa shape index (κ2) is 7.92. The highest BCUT2D eigenvalue weighted by atomic mass is 35.5. The number of hydrogen-bond donors (Lipinski definition) is 1. The Balaban J connectivity index is 1.70. The number of fused-ring (bicyclic) bond motifs is 1. The van der Waals surface area contributed by atoms with Gasteiger partial charge in [0.25, 0.3) is 5.91 Å². The van der Waals surface area contributed by atoms with Crippen LogP contribution in [0, 0.1) is 0 Å². The van der Waals surface area contributed by atoms with Gasteiger partial charge in [-0.25, -0.2) is 0 Å². The lowest BCUT2D eigenvalue weighted by Crippen LogP contribution is -2.41. The smallest absolute Gasteiger partial charge is 0.256 e. The Hall–Kier alpha value is -1.69. The molecule has 1 aliphatic rings. The molecule has 1 amide bonds. The molecule has 0 aliphatic carbocycles. The number of nitrogens with two attached hydrogens (primary N) is 1. The topological polar surface area (TPSA) is 68.5 Å². The third-order valence-electron chi connectivity index (χ3n) is 4.33. The summed E-state index contributed by atoms with van der Waals surface area (Å²) < 4.78 is 5.80. The zero-order chi connectivity index (χ0) is 16.9. The fourth-order valence-corrected chi connectivity index (χ4v) is 3.27. The molecular weight excluding hydrogens is 326 g/mol. The van der Waals surface area contributed by atoms with Gasteiger partial charge in [0.15, 0.2) is 0 Å². The van der Waals surface area contributed by atoms with Gasteiger partial charge in [0, 0.05) is 36.3 Å². The van der Waals surface area contributed by atoms with E-state index in [1.54, 1.807) is 12.3 Å². The van der Waals surface area contributed by atoms with Crippen molar-refractivity contribution in [3.63, 3.8) is 0 Å². The van der Waals surface area contributed by atoms with E-state index in [0.29, 0.717) is 42.3 Å². The minimum Gasteiger partial charge on any atom is -0.378 e. The summed E-state index contributed by atoms with van der Waals surface area (Å²) in [6.07, 6.45) is 4.49. The number of pyridine rings is 1. The predicted molar refractivity (Wildman–Crippen MR) is 95.3 cm³/mol. The van der Waals surface area contributed by atoms with Crippen LogP contribution in [0.25, 0.3) is 10.9 Å². The van der Waals surface area contributed by atoms with Crippen molar-refractivity contribution in [1.82, 2.24) is 9.88 Å². The molecule has 1 aliphatic heterocycles. The standard InChI is InChI=1S/C18H22ClN3O2/c19-14-11-13-3-1-7-21-17(13)16(12-14)18(23)22-8-4-15(5-9-22)24-10-2-6-20/h1,3,7,11-12,15H,2,4-6,8-10,20H2. The van der Waals surface area contributed by atoms with Crippen molar-refractivity contribution in [2.45, 2.75) is 25.4 Å². The molecule has 0 radical (unpaired) electrons. The first-order chi connectivity index (χ1) is 11.7. The Morgan fingerprint density at radius 1 is 1.38 bits per heavy atom. The molecule has 0 bridgehead atoms. The van der Waals surface area contributed by atoms with E-state index in [1.165, 1.54) is 0 Å². The van der Waals surface area contributed by atoms with Gasteiger partial charge in [-0.3, -0.25) is 9.78 Å². The third-order valence-corrected chi connectivity index (χ3v) is 4.55.